The van der Waals surface area contributed by atoms with Crippen LogP contribution in [0.3, 0.4) is 0 Å². The molecule has 1 aromatic heterocycles. The molecule has 0 aliphatic rings. The minimum Gasteiger partial charge on any atom is -0.383 e. The van der Waals surface area contributed by atoms with E-state index >= 15 is 0 Å². The van der Waals surface area contributed by atoms with Crippen molar-refractivity contribution in [2.45, 2.75) is 19.5 Å². The van der Waals surface area contributed by atoms with Crippen LogP contribution in [0.25, 0.3) is 0 Å². The van der Waals surface area contributed by atoms with Crippen molar-refractivity contribution < 1.29 is 4.74 Å². The standard InChI is InChI=1S/C11H19N3O/c1-3-4-8-14-11(5-6-13-14)10-12-7-9-15-2/h3,5-6,12H,1,4,7-10H2,2H3. The van der Waals surface area contributed by atoms with Crippen molar-refractivity contribution in [3.8, 4) is 0 Å². The number of hydrogen-bond acceptors (Lipinski definition) is 3. The summed E-state index contributed by atoms with van der Waals surface area (Å²) >= 11 is 0. The molecule has 0 saturated heterocycles. The van der Waals surface area contributed by atoms with Gasteiger partial charge < -0.3 is 10.1 Å². The monoisotopic (exact) mass is 209 g/mol. The van der Waals surface area contributed by atoms with Crippen LogP contribution in [0.5, 0.6) is 0 Å². The Hall–Kier alpha value is -1.13. The molecular weight excluding hydrogens is 190 g/mol. The molecule has 1 N–H and O–H groups in total. The van der Waals surface area contributed by atoms with E-state index in [2.05, 4.69) is 17.0 Å². The van der Waals surface area contributed by atoms with E-state index in [0.717, 1.165) is 32.7 Å². The van der Waals surface area contributed by atoms with Crippen molar-refractivity contribution in [2.75, 3.05) is 20.3 Å². The summed E-state index contributed by atoms with van der Waals surface area (Å²) in [5, 5.41) is 7.54. The molecule has 0 aliphatic carbocycles. The molecule has 0 unspecified atom stereocenters. The van der Waals surface area contributed by atoms with Crippen LogP contribution in [0.2, 0.25) is 0 Å². The molecule has 0 fully saturated rings. The summed E-state index contributed by atoms with van der Waals surface area (Å²) in [6.45, 7) is 7.04. The van der Waals surface area contributed by atoms with E-state index in [1.807, 2.05) is 23.0 Å². The van der Waals surface area contributed by atoms with Gasteiger partial charge in [-0.1, -0.05) is 6.08 Å². The third-order valence-electron chi connectivity index (χ3n) is 2.14. The molecule has 0 bridgehead atoms. The second-order valence-corrected chi connectivity index (χ2v) is 3.29. The number of rotatable bonds is 8. The van der Waals surface area contributed by atoms with Gasteiger partial charge in [-0.05, 0) is 12.5 Å². The lowest BCUT2D eigenvalue weighted by Crippen LogP contribution is -2.20. The Balaban J connectivity index is 2.32. The number of allylic oxidation sites excluding steroid dienone is 1. The van der Waals surface area contributed by atoms with Gasteiger partial charge in [-0.25, -0.2) is 0 Å². The molecule has 4 heteroatoms. The normalized spacial score (nSPS) is 10.5. The number of ether oxygens (including phenoxy) is 1. The Morgan fingerprint density at radius 1 is 1.67 bits per heavy atom. The van der Waals surface area contributed by atoms with Crippen molar-refractivity contribution in [1.29, 1.82) is 0 Å². The molecule has 0 saturated carbocycles. The molecule has 0 atom stereocenters. The number of methoxy groups -OCH3 is 1. The zero-order valence-corrected chi connectivity index (χ0v) is 9.28. The number of hydrogen-bond donors (Lipinski definition) is 1. The molecule has 4 nitrogen and oxygen atoms in total. The molecular formula is C11H19N3O. The maximum atomic E-state index is 4.96. The average Bonchev–Trinajstić information content (AvgIpc) is 2.69. The topological polar surface area (TPSA) is 39.1 Å². The largest absolute Gasteiger partial charge is 0.383 e. The summed E-state index contributed by atoms with van der Waals surface area (Å²) in [5.41, 5.74) is 1.20. The van der Waals surface area contributed by atoms with Crippen LogP contribution in [0, 0.1) is 0 Å². The van der Waals surface area contributed by atoms with Gasteiger partial charge in [-0.2, -0.15) is 5.10 Å². The van der Waals surface area contributed by atoms with Crippen LogP contribution in [-0.2, 0) is 17.8 Å². The molecule has 0 radical (unpaired) electrons. The highest BCUT2D eigenvalue weighted by molar-refractivity contribution is 5.00. The van der Waals surface area contributed by atoms with E-state index in [1.165, 1.54) is 5.69 Å². The first-order valence-corrected chi connectivity index (χ1v) is 5.19. The second kappa shape index (κ2) is 7.20. The first kappa shape index (κ1) is 11.9. The number of aromatic nitrogens is 2. The van der Waals surface area contributed by atoms with Crippen LogP contribution in [-0.4, -0.2) is 30.0 Å². The smallest absolute Gasteiger partial charge is 0.0587 e. The number of aryl methyl sites for hydroxylation is 1. The van der Waals surface area contributed by atoms with Crippen molar-refractivity contribution >= 4 is 0 Å². The maximum Gasteiger partial charge on any atom is 0.0587 e. The molecule has 84 valence electrons. The summed E-state index contributed by atoms with van der Waals surface area (Å²) in [4.78, 5) is 0. The fourth-order valence-electron chi connectivity index (χ4n) is 1.32. The van der Waals surface area contributed by atoms with Gasteiger partial charge >= 0.3 is 0 Å². The van der Waals surface area contributed by atoms with E-state index in [1.54, 1.807) is 7.11 Å². The van der Waals surface area contributed by atoms with Gasteiger partial charge in [0.05, 0.1) is 12.3 Å². The van der Waals surface area contributed by atoms with Crippen LogP contribution in [0.1, 0.15) is 12.1 Å². The minimum atomic E-state index is 0.737. The first-order chi connectivity index (χ1) is 7.38. The van der Waals surface area contributed by atoms with Crippen molar-refractivity contribution in [1.82, 2.24) is 15.1 Å². The Morgan fingerprint density at radius 3 is 3.27 bits per heavy atom. The predicted molar refractivity (Wildman–Crippen MR) is 60.6 cm³/mol. The van der Waals surface area contributed by atoms with Crippen LogP contribution >= 0.6 is 0 Å². The molecule has 0 spiro atoms. The third kappa shape index (κ3) is 4.27. The summed E-state index contributed by atoms with van der Waals surface area (Å²) in [6.07, 6.45) is 4.69. The van der Waals surface area contributed by atoms with Gasteiger partial charge in [0.15, 0.2) is 0 Å². The van der Waals surface area contributed by atoms with E-state index < -0.39 is 0 Å². The SMILES string of the molecule is C=CCCn1nccc1CNCCOC. The van der Waals surface area contributed by atoms with Crippen LogP contribution in [0.4, 0.5) is 0 Å². The van der Waals surface area contributed by atoms with E-state index in [9.17, 15) is 0 Å². The molecule has 0 aliphatic heterocycles. The Labute approximate surface area is 90.9 Å². The average molecular weight is 209 g/mol. The quantitative estimate of drug-likeness (QED) is 0.516. The number of nitrogens with one attached hydrogen (secondary N) is 1. The number of nitrogens with zero attached hydrogens (tertiary/aromatic N) is 2. The van der Waals surface area contributed by atoms with E-state index in [4.69, 9.17) is 4.74 Å². The zero-order valence-electron chi connectivity index (χ0n) is 9.28. The van der Waals surface area contributed by atoms with E-state index in [-0.39, 0.29) is 0 Å². The van der Waals surface area contributed by atoms with Crippen molar-refractivity contribution in [3.63, 3.8) is 0 Å². The molecule has 0 aromatic carbocycles. The Morgan fingerprint density at radius 2 is 2.53 bits per heavy atom. The van der Waals surface area contributed by atoms with Gasteiger partial charge in [0.2, 0.25) is 0 Å². The van der Waals surface area contributed by atoms with Gasteiger partial charge in [-0.15, -0.1) is 6.58 Å². The first-order valence-electron chi connectivity index (χ1n) is 5.19. The Bertz CT molecular complexity index is 283. The Kier molecular flexibility index (Phi) is 5.73. The highest BCUT2D eigenvalue weighted by Crippen LogP contribution is 2.00. The van der Waals surface area contributed by atoms with Gasteiger partial charge in [0, 0.05) is 32.9 Å². The lowest BCUT2D eigenvalue weighted by molar-refractivity contribution is 0.199. The fourth-order valence-corrected chi connectivity index (χ4v) is 1.32. The van der Waals surface area contributed by atoms with Crippen LogP contribution in [0.15, 0.2) is 24.9 Å². The molecule has 0 amide bonds. The molecule has 1 rings (SSSR count). The highest BCUT2D eigenvalue weighted by Gasteiger charge is 2.00. The predicted octanol–water partition coefficient (Wildman–Crippen LogP) is 1.20. The van der Waals surface area contributed by atoms with E-state index in [0.29, 0.717) is 0 Å². The van der Waals surface area contributed by atoms with Gasteiger partial charge in [0.1, 0.15) is 0 Å². The van der Waals surface area contributed by atoms with Gasteiger partial charge in [0.25, 0.3) is 0 Å². The molecule has 1 aromatic rings. The molecule has 15 heavy (non-hydrogen) atoms. The summed E-state index contributed by atoms with van der Waals surface area (Å²) in [5.74, 6) is 0. The zero-order chi connectivity index (χ0) is 10.9. The van der Waals surface area contributed by atoms with Crippen molar-refractivity contribution in [3.05, 3.63) is 30.6 Å². The summed E-state index contributed by atoms with van der Waals surface area (Å²) in [7, 11) is 1.70. The summed E-state index contributed by atoms with van der Waals surface area (Å²) in [6, 6.07) is 2.03. The highest BCUT2D eigenvalue weighted by atomic mass is 16.5. The third-order valence-corrected chi connectivity index (χ3v) is 2.14. The second-order valence-electron chi connectivity index (χ2n) is 3.29. The molecule has 1 heterocycles. The van der Waals surface area contributed by atoms with Crippen LogP contribution < -0.4 is 5.32 Å². The minimum absolute atomic E-state index is 0.737. The van der Waals surface area contributed by atoms with Gasteiger partial charge in [-0.3, -0.25) is 4.68 Å². The maximum absolute atomic E-state index is 4.96. The lowest BCUT2D eigenvalue weighted by atomic mass is 10.4. The van der Waals surface area contributed by atoms with Crippen molar-refractivity contribution in [2.24, 2.45) is 0 Å². The fraction of sp³-hybridized carbons (Fsp3) is 0.545. The summed E-state index contributed by atoms with van der Waals surface area (Å²) < 4.78 is 6.96. The lowest BCUT2D eigenvalue weighted by Gasteiger charge is -2.07.